The maximum absolute atomic E-state index is 12.1. The molecule has 7 nitrogen and oxygen atoms in total. The molecule has 0 bridgehead atoms. The molecule has 0 saturated heterocycles. The molecule has 0 saturated carbocycles. The maximum atomic E-state index is 12.1. The number of amides is 1. The molecule has 2 aromatic heterocycles. The Bertz CT molecular complexity index is 747. The number of furan rings is 1. The number of hydrogen-bond acceptors (Lipinski definition) is 5. The second kappa shape index (κ2) is 4.69. The number of nitrogens with zero attached hydrogens (tertiary/aromatic N) is 2. The number of rotatable bonds is 3. The summed E-state index contributed by atoms with van der Waals surface area (Å²) in [5.41, 5.74) is 6.94. The van der Waals surface area contributed by atoms with Crippen LogP contribution in [0.3, 0.4) is 0 Å². The van der Waals surface area contributed by atoms with E-state index in [1.165, 1.54) is 6.33 Å². The standard InChI is InChI=1S/C13H13N5O2/c1-7(12-15-6-16-18-12)17-13(19)11-5-8-4-9(14)2-3-10(8)20-11/h2-7H,14H2,1H3,(H,17,19)(H,15,16,18). The lowest BCUT2D eigenvalue weighted by Gasteiger charge is -2.08. The van der Waals surface area contributed by atoms with Crippen molar-refractivity contribution in [3.8, 4) is 0 Å². The molecule has 3 rings (SSSR count). The van der Waals surface area contributed by atoms with Crippen LogP contribution >= 0.6 is 0 Å². The van der Waals surface area contributed by atoms with Crippen LogP contribution in [0.25, 0.3) is 11.0 Å². The fourth-order valence-electron chi connectivity index (χ4n) is 1.93. The van der Waals surface area contributed by atoms with Gasteiger partial charge in [0.1, 0.15) is 17.7 Å². The van der Waals surface area contributed by atoms with Crippen molar-refractivity contribution in [2.45, 2.75) is 13.0 Å². The van der Waals surface area contributed by atoms with E-state index >= 15 is 0 Å². The van der Waals surface area contributed by atoms with E-state index < -0.39 is 0 Å². The first-order valence-corrected chi connectivity index (χ1v) is 6.08. The first kappa shape index (κ1) is 12.2. The van der Waals surface area contributed by atoms with Gasteiger partial charge in [0.25, 0.3) is 5.91 Å². The van der Waals surface area contributed by atoms with Crippen LogP contribution < -0.4 is 11.1 Å². The smallest absolute Gasteiger partial charge is 0.287 e. The van der Waals surface area contributed by atoms with E-state index in [-0.39, 0.29) is 17.7 Å². The minimum atomic E-state index is -0.316. The molecule has 1 unspecified atom stereocenters. The quantitative estimate of drug-likeness (QED) is 0.627. The van der Waals surface area contributed by atoms with Crippen molar-refractivity contribution >= 4 is 22.6 Å². The van der Waals surface area contributed by atoms with Gasteiger partial charge < -0.3 is 15.5 Å². The van der Waals surface area contributed by atoms with Crippen LogP contribution in [0.5, 0.6) is 0 Å². The Morgan fingerprint density at radius 1 is 1.45 bits per heavy atom. The summed E-state index contributed by atoms with van der Waals surface area (Å²) in [5.74, 6) is 0.499. The third kappa shape index (κ3) is 2.20. The number of H-pyrrole nitrogens is 1. The molecule has 20 heavy (non-hydrogen) atoms. The molecular weight excluding hydrogens is 258 g/mol. The van der Waals surface area contributed by atoms with Gasteiger partial charge in [0.2, 0.25) is 0 Å². The molecule has 1 amide bonds. The lowest BCUT2D eigenvalue weighted by atomic mass is 10.2. The van der Waals surface area contributed by atoms with Gasteiger partial charge in [-0.15, -0.1) is 0 Å². The molecule has 1 atom stereocenters. The third-order valence-corrected chi connectivity index (χ3v) is 2.96. The first-order chi connectivity index (χ1) is 9.63. The van der Waals surface area contributed by atoms with E-state index in [9.17, 15) is 4.79 Å². The SMILES string of the molecule is CC(NC(=O)c1cc2cc(N)ccc2o1)c1ncn[nH]1. The van der Waals surface area contributed by atoms with E-state index in [0.29, 0.717) is 17.1 Å². The highest BCUT2D eigenvalue weighted by Gasteiger charge is 2.17. The minimum absolute atomic E-state index is 0.233. The van der Waals surface area contributed by atoms with Gasteiger partial charge in [0.15, 0.2) is 5.76 Å². The summed E-state index contributed by atoms with van der Waals surface area (Å²) in [6.45, 7) is 1.80. The number of carbonyl (C=O) groups excluding carboxylic acids is 1. The lowest BCUT2D eigenvalue weighted by Crippen LogP contribution is -2.27. The highest BCUT2D eigenvalue weighted by atomic mass is 16.3. The number of nitrogens with one attached hydrogen (secondary N) is 2. The Morgan fingerprint density at radius 2 is 2.30 bits per heavy atom. The second-order valence-corrected chi connectivity index (χ2v) is 4.47. The van der Waals surface area contributed by atoms with Crippen LogP contribution in [0.2, 0.25) is 0 Å². The lowest BCUT2D eigenvalue weighted by molar-refractivity contribution is 0.0912. The van der Waals surface area contributed by atoms with Gasteiger partial charge in [-0.1, -0.05) is 0 Å². The number of nitrogen functional groups attached to an aromatic ring is 1. The highest BCUT2D eigenvalue weighted by Crippen LogP contribution is 2.22. The van der Waals surface area contributed by atoms with E-state index in [0.717, 1.165) is 5.39 Å². The Balaban J connectivity index is 1.82. The minimum Gasteiger partial charge on any atom is -0.451 e. The highest BCUT2D eigenvalue weighted by molar-refractivity contribution is 5.96. The van der Waals surface area contributed by atoms with Crippen molar-refractivity contribution in [1.82, 2.24) is 20.5 Å². The normalized spacial score (nSPS) is 12.4. The van der Waals surface area contributed by atoms with Crippen molar-refractivity contribution in [3.05, 3.63) is 42.2 Å². The Kier molecular flexibility index (Phi) is 2.86. The van der Waals surface area contributed by atoms with Crippen molar-refractivity contribution in [3.63, 3.8) is 0 Å². The van der Waals surface area contributed by atoms with Gasteiger partial charge in [0, 0.05) is 11.1 Å². The van der Waals surface area contributed by atoms with Crippen LogP contribution in [-0.4, -0.2) is 21.1 Å². The summed E-state index contributed by atoms with van der Waals surface area (Å²) in [4.78, 5) is 16.1. The van der Waals surface area contributed by atoms with Crippen LogP contribution in [-0.2, 0) is 0 Å². The zero-order valence-corrected chi connectivity index (χ0v) is 10.8. The number of aromatic amines is 1. The third-order valence-electron chi connectivity index (χ3n) is 2.96. The number of fused-ring (bicyclic) bond motifs is 1. The zero-order chi connectivity index (χ0) is 14.1. The molecule has 0 aliphatic heterocycles. The molecule has 7 heteroatoms. The van der Waals surface area contributed by atoms with Gasteiger partial charge >= 0.3 is 0 Å². The van der Waals surface area contributed by atoms with E-state index in [2.05, 4.69) is 20.5 Å². The topological polar surface area (TPSA) is 110 Å². The Hall–Kier alpha value is -2.83. The molecule has 0 radical (unpaired) electrons. The van der Waals surface area contributed by atoms with Crippen molar-refractivity contribution in [2.75, 3.05) is 5.73 Å². The average Bonchev–Trinajstić information content (AvgIpc) is 3.07. The molecule has 0 fully saturated rings. The summed E-state index contributed by atoms with van der Waals surface area (Å²) in [7, 11) is 0. The molecule has 0 aliphatic rings. The molecular formula is C13H13N5O2. The zero-order valence-electron chi connectivity index (χ0n) is 10.8. The van der Waals surface area contributed by atoms with Crippen LogP contribution in [0, 0.1) is 0 Å². The van der Waals surface area contributed by atoms with Crippen LogP contribution in [0.15, 0.2) is 35.0 Å². The number of hydrogen-bond donors (Lipinski definition) is 3. The van der Waals surface area contributed by atoms with Crippen LogP contribution in [0.4, 0.5) is 5.69 Å². The molecule has 102 valence electrons. The summed E-state index contributed by atoms with van der Waals surface area (Å²) >= 11 is 0. The number of carbonyl (C=O) groups is 1. The first-order valence-electron chi connectivity index (χ1n) is 6.08. The number of benzene rings is 1. The van der Waals surface area contributed by atoms with Gasteiger partial charge in [0.05, 0.1) is 6.04 Å². The summed E-state index contributed by atoms with van der Waals surface area (Å²) in [6.07, 6.45) is 1.39. The largest absolute Gasteiger partial charge is 0.451 e. The van der Waals surface area contributed by atoms with Gasteiger partial charge in [-0.2, -0.15) is 5.10 Å². The summed E-state index contributed by atoms with van der Waals surface area (Å²) in [6, 6.07) is 6.60. The van der Waals surface area contributed by atoms with Crippen molar-refractivity contribution < 1.29 is 9.21 Å². The van der Waals surface area contributed by atoms with Gasteiger partial charge in [-0.3, -0.25) is 9.89 Å². The fourth-order valence-corrected chi connectivity index (χ4v) is 1.93. The Morgan fingerprint density at radius 3 is 3.05 bits per heavy atom. The number of nitrogens with two attached hydrogens (primary N) is 1. The van der Waals surface area contributed by atoms with E-state index in [1.54, 1.807) is 31.2 Å². The average molecular weight is 271 g/mol. The second-order valence-electron chi connectivity index (χ2n) is 4.47. The van der Waals surface area contributed by atoms with Crippen molar-refractivity contribution in [1.29, 1.82) is 0 Å². The van der Waals surface area contributed by atoms with E-state index in [4.69, 9.17) is 10.2 Å². The van der Waals surface area contributed by atoms with E-state index in [1.807, 2.05) is 0 Å². The molecule has 4 N–H and O–H groups in total. The fraction of sp³-hybridized carbons (Fsp3) is 0.154. The van der Waals surface area contributed by atoms with Gasteiger partial charge in [-0.05, 0) is 31.2 Å². The molecule has 0 spiro atoms. The van der Waals surface area contributed by atoms with Gasteiger partial charge in [-0.25, -0.2) is 4.98 Å². The monoisotopic (exact) mass is 271 g/mol. The molecule has 3 aromatic rings. The predicted molar refractivity (Wildman–Crippen MR) is 72.9 cm³/mol. The molecule has 2 heterocycles. The number of anilines is 1. The molecule has 0 aliphatic carbocycles. The summed E-state index contributed by atoms with van der Waals surface area (Å²) < 4.78 is 5.49. The summed E-state index contributed by atoms with van der Waals surface area (Å²) in [5, 5.41) is 10.0. The molecule has 1 aromatic carbocycles. The maximum Gasteiger partial charge on any atom is 0.287 e. The van der Waals surface area contributed by atoms with Crippen LogP contribution in [0.1, 0.15) is 29.3 Å². The Labute approximate surface area is 114 Å². The number of aromatic nitrogens is 3. The predicted octanol–water partition coefficient (Wildman–Crippen LogP) is 1.62. The van der Waals surface area contributed by atoms with Crippen molar-refractivity contribution in [2.24, 2.45) is 0 Å².